The molecule has 4 aromatic rings. The summed E-state index contributed by atoms with van der Waals surface area (Å²) >= 11 is 1.69. The largest absolute Gasteiger partial charge is 0.464 e. The van der Waals surface area contributed by atoms with Crippen LogP contribution in [0.4, 0.5) is 0 Å². The Kier molecular flexibility index (Phi) is 2.02. The van der Waals surface area contributed by atoms with Crippen LogP contribution in [0.5, 0.6) is 0 Å². The minimum atomic E-state index is 0.904. The third-order valence-electron chi connectivity index (χ3n) is 3.12. The summed E-state index contributed by atoms with van der Waals surface area (Å²) in [5.41, 5.74) is 4.07. The van der Waals surface area contributed by atoms with Crippen LogP contribution in [-0.4, -0.2) is 4.98 Å². The Bertz CT molecular complexity index is 830. The molecule has 2 aromatic heterocycles. The fraction of sp³-hybridized carbons (Fsp3) is 0. The lowest BCUT2D eigenvalue weighted by Gasteiger charge is -2.02. The molecule has 0 aliphatic rings. The fourth-order valence-electron chi connectivity index (χ4n) is 2.25. The number of hydrogen-bond acceptors (Lipinski definition) is 3. The van der Waals surface area contributed by atoms with Crippen LogP contribution in [0.2, 0.25) is 0 Å². The van der Waals surface area contributed by atoms with Crippen molar-refractivity contribution in [2.45, 2.75) is 0 Å². The second kappa shape index (κ2) is 3.68. The zero-order chi connectivity index (χ0) is 11.9. The minimum absolute atomic E-state index is 0.904. The van der Waals surface area contributed by atoms with Gasteiger partial charge in [-0.05, 0) is 29.7 Å². The van der Waals surface area contributed by atoms with Crippen LogP contribution in [0, 0.1) is 0 Å². The highest BCUT2D eigenvalue weighted by Crippen LogP contribution is 2.31. The highest BCUT2D eigenvalue weighted by Gasteiger charge is 2.05. The van der Waals surface area contributed by atoms with Gasteiger partial charge < -0.3 is 4.42 Å². The molecule has 0 amide bonds. The minimum Gasteiger partial charge on any atom is -0.464 e. The maximum atomic E-state index is 5.43. The van der Waals surface area contributed by atoms with Gasteiger partial charge in [-0.15, -0.1) is 11.3 Å². The smallest absolute Gasteiger partial charge is 0.133 e. The average Bonchev–Trinajstić information content (AvgIpc) is 3.09. The second-order valence-corrected chi connectivity index (χ2v) is 5.03. The van der Waals surface area contributed by atoms with Gasteiger partial charge in [0.25, 0.3) is 0 Å². The first-order valence-electron chi connectivity index (χ1n) is 5.72. The Morgan fingerprint density at radius 2 is 2.06 bits per heavy atom. The van der Waals surface area contributed by atoms with Crippen molar-refractivity contribution in [3.8, 4) is 11.3 Å². The van der Waals surface area contributed by atoms with Gasteiger partial charge >= 0.3 is 0 Å². The molecule has 4 rings (SSSR count). The molecule has 0 saturated heterocycles. The summed E-state index contributed by atoms with van der Waals surface area (Å²) in [7, 11) is 0. The maximum Gasteiger partial charge on any atom is 0.133 e. The monoisotopic (exact) mass is 251 g/mol. The predicted molar refractivity (Wildman–Crippen MR) is 74.8 cm³/mol. The Morgan fingerprint density at radius 1 is 1.06 bits per heavy atom. The Hall–Kier alpha value is -2.13. The maximum absolute atomic E-state index is 5.43. The van der Waals surface area contributed by atoms with E-state index >= 15 is 0 Å². The quantitative estimate of drug-likeness (QED) is 0.489. The van der Waals surface area contributed by atoms with Gasteiger partial charge in [0.1, 0.15) is 5.76 Å². The second-order valence-electron chi connectivity index (χ2n) is 4.18. The first kappa shape index (κ1) is 9.85. The van der Waals surface area contributed by atoms with Crippen molar-refractivity contribution in [2.75, 3.05) is 0 Å². The van der Waals surface area contributed by atoms with Crippen molar-refractivity contribution < 1.29 is 4.42 Å². The van der Waals surface area contributed by atoms with Gasteiger partial charge in [-0.25, -0.2) is 4.98 Å². The van der Waals surface area contributed by atoms with Gasteiger partial charge in [-0.1, -0.05) is 18.2 Å². The van der Waals surface area contributed by atoms with E-state index in [1.165, 1.54) is 15.5 Å². The number of rotatable bonds is 1. The molecule has 0 atom stereocenters. The molecule has 86 valence electrons. The van der Waals surface area contributed by atoms with E-state index in [1.54, 1.807) is 17.6 Å². The SMILES string of the molecule is c1coc(-c2ccc3c(ccc4ncsc43)c2)c1. The normalized spacial score (nSPS) is 11.3. The van der Waals surface area contributed by atoms with Gasteiger partial charge in [0.05, 0.1) is 22.0 Å². The van der Waals surface area contributed by atoms with Crippen LogP contribution in [0.3, 0.4) is 0 Å². The summed E-state index contributed by atoms with van der Waals surface area (Å²) < 4.78 is 6.68. The lowest BCUT2D eigenvalue weighted by molar-refractivity contribution is 0.582. The molecule has 0 aliphatic heterocycles. The van der Waals surface area contributed by atoms with Crippen LogP contribution in [-0.2, 0) is 0 Å². The highest BCUT2D eigenvalue weighted by atomic mass is 32.1. The molecule has 0 aliphatic carbocycles. The Morgan fingerprint density at radius 3 is 2.94 bits per heavy atom. The van der Waals surface area contributed by atoms with E-state index in [9.17, 15) is 0 Å². The van der Waals surface area contributed by atoms with Gasteiger partial charge in [0.2, 0.25) is 0 Å². The van der Waals surface area contributed by atoms with E-state index < -0.39 is 0 Å². The third-order valence-corrected chi connectivity index (χ3v) is 3.99. The molecule has 18 heavy (non-hydrogen) atoms. The lowest BCUT2D eigenvalue weighted by atomic mass is 10.1. The van der Waals surface area contributed by atoms with Crippen LogP contribution < -0.4 is 0 Å². The Labute approximate surface area is 108 Å². The molecule has 0 fully saturated rings. The predicted octanol–water partition coefficient (Wildman–Crippen LogP) is 4.71. The molecule has 0 radical (unpaired) electrons. The Balaban J connectivity index is 2.03. The number of thiazole rings is 1. The summed E-state index contributed by atoms with van der Waals surface area (Å²) in [5.74, 6) is 0.904. The molecule has 0 N–H and O–H groups in total. The van der Waals surface area contributed by atoms with Gasteiger partial charge in [-0.2, -0.15) is 0 Å². The van der Waals surface area contributed by atoms with E-state index in [4.69, 9.17) is 4.42 Å². The van der Waals surface area contributed by atoms with Crippen molar-refractivity contribution >= 4 is 32.3 Å². The van der Waals surface area contributed by atoms with E-state index in [0.29, 0.717) is 0 Å². The molecular formula is C15H9NOS. The van der Waals surface area contributed by atoms with Gasteiger partial charge in [0.15, 0.2) is 0 Å². The molecule has 0 saturated carbocycles. The van der Waals surface area contributed by atoms with Crippen molar-refractivity contribution in [1.82, 2.24) is 4.98 Å². The highest BCUT2D eigenvalue weighted by molar-refractivity contribution is 7.17. The van der Waals surface area contributed by atoms with E-state index in [-0.39, 0.29) is 0 Å². The zero-order valence-corrected chi connectivity index (χ0v) is 10.3. The van der Waals surface area contributed by atoms with Crippen molar-refractivity contribution in [3.63, 3.8) is 0 Å². The molecule has 3 heteroatoms. The van der Waals surface area contributed by atoms with Gasteiger partial charge in [0, 0.05) is 10.9 Å². The first-order valence-corrected chi connectivity index (χ1v) is 6.60. The van der Waals surface area contributed by atoms with Crippen molar-refractivity contribution in [3.05, 3.63) is 54.2 Å². The van der Waals surface area contributed by atoms with E-state index in [1.807, 2.05) is 17.6 Å². The number of aromatic nitrogens is 1. The molecule has 0 spiro atoms. The summed E-state index contributed by atoms with van der Waals surface area (Å²) in [6, 6.07) is 14.5. The lowest BCUT2D eigenvalue weighted by Crippen LogP contribution is -1.77. The molecule has 2 aromatic carbocycles. The molecule has 0 unspecified atom stereocenters. The number of benzene rings is 2. The molecule has 2 nitrogen and oxygen atoms in total. The summed E-state index contributed by atoms with van der Waals surface area (Å²) in [5, 5.41) is 2.48. The van der Waals surface area contributed by atoms with Crippen LogP contribution in [0.15, 0.2) is 58.7 Å². The number of furan rings is 1. The standard InChI is InChI=1S/C15H9NOS/c1-2-14(17-7-1)11-3-5-12-10(8-11)4-6-13-15(12)18-9-16-13/h1-9H. The first-order chi connectivity index (χ1) is 8.92. The van der Waals surface area contributed by atoms with Crippen LogP contribution in [0.1, 0.15) is 0 Å². The fourth-order valence-corrected chi connectivity index (χ4v) is 3.07. The average molecular weight is 251 g/mol. The summed E-state index contributed by atoms with van der Waals surface area (Å²) in [4.78, 5) is 4.34. The van der Waals surface area contributed by atoms with Crippen molar-refractivity contribution in [2.24, 2.45) is 0 Å². The number of nitrogens with zero attached hydrogens (tertiary/aromatic N) is 1. The van der Waals surface area contributed by atoms with E-state index in [2.05, 4.69) is 35.3 Å². The number of fused-ring (bicyclic) bond motifs is 3. The van der Waals surface area contributed by atoms with E-state index in [0.717, 1.165) is 16.8 Å². The summed E-state index contributed by atoms with van der Waals surface area (Å²) in [6.07, 6.45) is 1.70. The number of hydrogen-bond donors (Lipinski definition) is 0. The molecule has 0 bridgehead atoms. The zero-order valence-electron chi connectivity index (χ0n) is 9.46. The van der Waals surface area contributed by atoms with Gasteiger partial charge in [-0.3, -0.25) is 0 Å². The van der Waals surface area contributed by atoms with Crippen LogP contribution >= 0.6 is 11.3 Å². The third kappa shape index (κ3) is 1.38. The topological polar surface area (TPSA) is 26.0 Å². The molecule has 2 heterocycles. The molecular weight excluding hydrogens is 242 g/mol. The van der Waals surface area contributed by atoms with Crippen LogP contribution in [0.25, 0.3) is 32.3 Å². The van der Waals surface area contributed by atoms with Crippen molar-refractivity contribution in [1.29, 1.82) is 0 Å². The summed E-state index contributed by atoms with van der Waals surface area (Å²) in [6.45, 7) is 0.